The maximum atomic E-state index is 12.6. The van der Waals surface area contributed by atoms with Crippen molar-refractivity contribution in [1.29, 1.82) is 0 Å². The number of nitrogens with two attached hydrogens (primary N) is 1. The first kappa shape index (κ1) is 16.4. The summed E-state index contributed by atoms with van der Waals surface area (Å²) in [5.41, 5.74) is -0.853. The standard InChI is InChI=1S/C8H10F4N4O3S/c1-3-5(20(13,18)19)4(16-15-3)6(17)14-2-8(11,12)7(9)10/h7H,2H2,1H3,(H,14,17)(H,15,16)(H2,13,18,19). The number of nitrogens with one attached hydrogen (secondary N) is 2. The fraction of sp³-hybridized carbons (Fsp3) is 0.500. The third-order valence-electron chi connectivity index (χ3n) is 2.19. The van der Waals surface area contributed by atoms with E-state index >= 15 is 0 Å². The second-order valence-corrected chi connectivity index (χ2v) is 5.31. The largest absolute Gasteiger partial charge is 0.344 e. The minimum absolute atomic E-state index is 0.0849. The molecule has 1 amide bonds. The van der Waals surface area contributed by atoms with Crippen molar-refractivity contribution in [3.05, 3.63) is 11.4 Å². The highest BCUT2D eigenvalue weighted by Gasteiger charge is 2.41. The van der Waals surface area contributed by atoms with Gasteiger partial charge in [0.25, 0.3) is 5.91 Å². The van der Waals surface area contributed by atoms with E-state index in [1.165, 1.54) is 12.2 Å². The Morgan fingerprint density at radius 1 is 1.50 bits per heavy atom. The van der Waals surface area contributed by atoms with Gasteiger partial charge in [-0.05, 0) is 6.92 Å². The molecule has 20 heavy (non-hydrogen) atoms. The van der Waals surface area contributed by atoms with E-state index in [0.717, 1.165) is 0 Å². The molecule has 4 N–H and O–H groups in total. The van der Waals surface area contributed by atoms with Crippen LogP contribution in [0, 0.1) is 6.92 Å². The van der Waals surface area contributed by atoms with Gasteiger partial charge >= 0.3 is 12.3 Å². The Hall–Kier alpha value is -1.69. The molecule has 0 unspecified atom stereocenters. The van der Waals surface area contributed by atoms with E-state index in [4.69, 9.17) is 5.14 Å². The molecule has 0 spiro atoms. The van der Waals surface area contributed by atoms with E-state index < -0.39 is 45.4 Å². The van der Waals surface area contributed by atoms with Crippen molar-refractivity contribution in [1.82, 2.24) is 15.5 Å². The summed E-state index contributed by atoms with van der Waals surface area (Å²) in [4.78, 5) is 10.8. The van der Waals surface area contributed by atoms with Crippen LogP contribution in [0.5, 0.6) is 0 Å². The lowest BCUT2D eigenvalue weighted by molar-refractivity contribution is -0.123. The molecule has 0 atom stereocenters. The highest BCUT2D eigenvalue weighted by atomic mass is 32.2. The second-order valence-electron chi connectivity index (χ2n) is 3.82. The Labute approximate surface area is 110 Å². The molecule has 1 heterocycles. The van der Waals surface area contributed by atoms with Crippen LogP contribution in [-0.2, 0) is 10.0 Å². The molecule has 0 aliphatic rings. The lowest BCUT2D eigenvalue weighted by atomic mass is 10.3. The van der Waals surface area contributed by atoms with Gasteiger partial charge in [0.2, 0.25) is 10.0 Å². The first-order valence-corrected chi connectivity index (χ1v) is 6.53. The van der Waals surface area contributed by atoms with Gasteiger partial charge in [-0.2, -0.15) is 13.9 Å². The Morgan fingerprint density at radius 2 is 2.05 bits per heavy atom. The molecule has 0 radical (unpaired) electrons. The quantitative estimate of drug-likeness (QED) is 0.662. The lowest BCUT2D eigenvalue weighted by Crippen LogP contribution is -2.41. The summed E-state index contributed by atoms with van der Waals surface area (Å²) in [5, 5.41) is 11.7. The van der Waals surface area contributed by atoms with Crippen LogP contribution in [0.3, 0.4) is 0 Å². The first-order valence-electron chi connectivity index (χ1n) is 4.98. The molecule has 0 saturated carbocycles. The molecule has 7 nitrogen and oxygen atoms in total. The Bertz CT molecular complexity index is 613. The fourth-order valence-electron chi connectivity index (χ4n) is 1.28. The monoisotopic (exact) mass is 318 g/mol. The predicted octanol–water partition coefficient (Wildman–Crippen LogP) is -0.00428. The van der Waals surface area contributed by atoms with E-state index in [9.17, 15) is 30.8 Å². The summed E-state index contributed by atoms with van der Waals surface area (Å²) >= 11 is 0. The molecule has 12 heteroatoms. The molecular formula is C8H10F4N4O3S. The van der Waals surface area contributed by atoms with Gasteiger partial charge in [-0.25, -0.2) is 22.3 Å². The minimum atomic E-state index is -4.44. The number of sulfonamides is 1. The molecule has 0 saturated heterocycles. The normalized spacial score (nSPS) is 12.8. The molecule has 1 aromatic heterocycles. The fourth-order valence-corrected chi connectivity index (χ4v) is 2.16. The van der Waals surface area contributed by atoms with Crippen molar-refractivity contribution in [2.45, 2.75) is 24.2 Å². The summed E-state index contributed by atoms with van der Waals surface area (Å²) in [6.07, 6.45) is -3.97. The minimum Gasteiger partial charge on any atom is -0.344 e. The molecular weight excluding hydrogens is 308 g/mol. The van der Waals surface area contributed by atoms with Gasteiger partial charge < -0.3 is 5.32 Å². The van der Waals surface area contributed by atoms with Gasteiger partial charge in [0.1, 0.15) is 4.90 Å². The lowest BCUT2D eigenvalue weighted by Gasteiger charge is -2.15. The molecule has 0 aliphatic carbocycles. The smallest absolute Gasteiger partial charge is 0.324 e. The number of amides is 1. The molecule has 0 fully saturated rings. The zero-order valence-corrected chi connectivity index (χ0v) is 10.8. The van der Waals surface area contributed by atoms with E-state index in [1.807, 2.05) is 0 Å². The first-order chi connectivity index (χ1) is 8.97. The van der Waals surface area contributed by atoms with Crippen molar-refractivity contribution in [3.63, 3.8) is 0 Å². The average molecular weight is 318 g/mol. The van der Waals surface area contributed by atoms with E-state index in [2.05, 4.69) is 10.2 Å². The van der Waals surface area contributed by atoms with Gasteiger partial charge in [-0.3, -0.25) is 9.89 Å². The van der Waals surface area contributed by atoms with Crippen molar-refractivity contribution in [2.75, 3.05) is 6.54 Å². The molecule has 1 aromatic rings. The molecule has 0 aromatic carbocycles. The summed E-state index contributed by atoms with van der Waals surface area (Å²) in [5.74, 6) is -5.80. The van der Waals surface area contributed by atoms with Crippen LogP contribution < -0.4 is 10.5 Å². The number of nitrogens with zero attached hydrogens (tertiary/aromatic N) is 1. The highest BCUT2D eigenvalue weighted by Crippen LogP contribution is 2.22. The van der Waals surface area contributed by atoms with Crippen molar-refractivity contribution < 1.29 is 30.8 Å². The number of primary sulfonamides is 1. The number of alkyl halides is 4. The molecule has 0 aliphatic heterocycles. The van der Waals surface area contributed by atoms with Gasteiger partial charge in [0.05, 0.1) is 12.2 Å². The van der Waals surface area contributed by atoms with Crippen LogP contribution in [0.4, 0.5) is 17.6 Å². The van der Waals surface area contributed by atoms with Crippen LogP contribution in [0.25, 0.3) is 0 Å². The third kappa shape index (κ3) is 3.45. The second kappa shape index (κ2) is 5.36. The summed E-state index contributed by atoms with van der Waals surface area (Å²) in [6.45, 7) is -0.434. The number of aryl methyl sites for hydroxylation is 1. The van der Waals surface area contributed by atoms with E-state index in [-0.39, 0.29) is 5.69 Å². The summed E-state index contributed by atoms with van der Waals surface area (Å²) in [6, 6.07) is 0. The van der Waals surface area contributed by atoms with E-state index in [0.29, 0.717) is 0 Å². The number of carbonyl (C=O) groups is 1. The number of hydrogen-bond donors (Lipinski definition) is 3. The van der Waals surface area contributed by atoms with Crippen molar-refractivity contribution >= 4 is 15.9 Å². The van der Waals surface area contributed by atoms with E-state index in [1.54, 1.807) is 0 Å². The number of aromatic amines is 1. The predicted molar refractivity (Wildman–Crippen MR) is 58.0 cm³/mol. The number of rotatable bonds is 5. The average Bonchev–Trinajstić information content (AvgIpc) is 2.67. The Morgan fingerprint density at radius 3 is 2.50 bits per heavy atom. The summed E-state index contributed by atoms with van der Waals surface area (Å²) < 4.78 is 71.5. The van der Waals surface area contributed by atoms with Gasteiger partial charge in [0, 0.05) is 0 Å². The molecule has 0 bridgehead atoms. The van der Waals surface area contributed by atoms with Crippen LogP contribution in [0.2, 0.25) is 0 Å². The SMILES string of the molecule is Cc1[nH]nc(C(=O)NCC(F)(F)C(F)F)c1S(N)(=O)=O. The number of aromatic nitrogens is 2. The van der Waals surface area contributed by atoms with Crippen LogP contribution in [-0.4, -0.2) is 43.4 Å². The maximum absolute atomic E-state index is 12.6. The third-order valence-corrected chi connectivity index (χ3v) is 3.26. The van der Waals surface area contributed by atoms with Gasteiger partial charge in [-0.1, -0.05) is 0 Å². The topological polar surface area (TPSA) is 118 Å². The van der Waals surface area contributed by atoms with Gasteiger partial charge in [0.15, 0.2) is 5.69 Å². The number of carbonyl (C=O) groups excluding carboxylic acids is 1. The molecule has 114 valence electrons. The van der Waals surface area contributed by atoms with Crippen LogP contribution in [0.1, 0.15) is 16.2 Å². The zero-order valence-electron chi connectivity index (χ0n) is 9.95. The van der Waals surface area contributed by atoms with Crippen molar-refractivity contribution in [3.8, 4) is 0 Å². The van der Waals surface area contributed by atoms with Crippen LogP contribution in [0.15, 0.2) is 4.90 Å². The highest BCUT2D eigenvalue weighted by molar-refractivity contribution is 7.89. The number of halogens is 4. The van der Waals surface area contributed by atoms with Crippen molar-refractivity contribution in [2.24, 2.45) is 5.14 Å². The molecule has 1 rings (SSSR count). The number of H-pyrrole nitrogens is 1. The van der Waals surface area contributed by atoms with Gasteiger partial charge in [-0.15, -0.1) is 0 Å². The Kier molecular flexibility index (Phi) is 4.39. The number of hydrogen-bond acceptors (Lipinski definition) is 4. The van der Waals surface area contributed by atoms with Crippen LogP contribution >= 0.6 is 0 Å². The Balaban J connectivity index is 2.96. The zero-order chi connectivity index (χ0) is 15.7. The maximum Gasteiger partial charge on any atom is 0.324 e. The summed E-state index contributed by atoms with van der Waals surface area (Å²) in [7, 11) is -4.33.